The van der Waals surface area contributed by atoms with Gasteiger partial charge in [-0.3, -0.25) is 0 Å². The highest BCUT2D eigenvalue weighted by molar-refractivity contribution is 5.77. The van der Waals surface area contributed by atoms with Gasteiger partial charge in [0.15, 0.2) is 0 Å². The molecule has 104 valence electrons. The van der Waals surface area contributed by atoms with E-state index >= 15 is 0 Å². The molecule has 0 aromatic heterocycles. The molecule has 1 N–H and O–H groups in total. The van der Waals surface area contributed by atoms with Gasteiger partial charge >= 0.3 is 0 Å². The van der Waals surface area contributed by atoms with Crippen LogP contribution < -0.4 is 4.74 Å². The Morgan fingerprint density at radius 1 is 1.05 bits per heavy atom. The smallest absolute Gasteiger partial charge is 0.123 e. The number of ether oxygens (including phenoxy) is 1. The number of hydrogen-bond acceptors (Lipinski definition) is 2. The van der Waals surface area contributed by atoms with Gasteiger partial charge in [0.1, 0.15) is 11.5 Å². The fourth-order valence-electron chi connectivity index (χ4n) is 2.34. The number of allylic oxidation sites excluding steroid dienone is 1. The van der Waals surface area contributed by atoms with Gasteiger partial charge in [-0.25, -0.2) is 0 Å². The van der Waals surface area contributed by atoms with Crippen LogP contribution in [0.2, 0.25) is 0 Å². The molecule has 2 heteroatoms. The Labute approximate surface area is 120 Å². The van der Waals surface area contributed by atoms with E-state index < -0.39 is 0 Å². The first-order chi connectivity index (χ1) is 9.43. The zero-order valence-corrected chi connectivity index (χ0v) is 12.4. The molecular formula is C18H20O2. The van der Waals surface area contributed by atoms with Gasteiger partial charge in [-0.05, 0) is 55.2 Å². The highest BCUT2D eigenvalue weighted by Crippen LogP contribution is 2.37. The molecular weight excluding hydrogens is 248 g/mol. The molecule has 0 saturated carbocycles. The molecule has 0 bridgehead atoms. The molecule has 0 heterocycles. The van der Waals surface area contributed by atoms with Crippen molar-refractivity contribution in [2.75, 3.05) is 7.11 Å². The molecule has 0 spiro atoms. The van der Waals surface area contributed by atoms with E-state index in [1.807, 2.05) is 39.0 Å². The Kier molecular flexibility index (Phi) is 3.84. The largest absolute Gasteiger partial charge is 0.507 e. The summed E-state index contributed by atoms with van der Waals surface area (Å²) in [4.78, 5) is 0. The topological polar surface area (TPSA) is 29.5 Å². The van der Waals surface area contributed by atoms with Gasteiger partial charge < -0.3 is 9.84 Å². The lowest BCUT2D eigenvalue weighted by Gasteiger charge is -2.13. The average molecular weight is 268 g/mol. The van der Waals surface area contributed by atoms with Gasteiger partial charge in [0, 0.05) is 5.56 Å². The van der Waals surface area contributed by atoms with Crippen molar-refractivity contribution in [3.63, 3.8) is 0 Å². The Balaban J connectivity index is 2.59. The molecule has 20 heavy (non-hydrogen) atoms. The summed E-state index contributed by atoms with van der Waals surface area (Å²) in [5.74, 6) is 1.05. The van der Waals surface area contributed by atoms with E-state index in [0.29, 0.717) is 0 Å². The van der Waals surface area contributed by atoms with Crippen LogP contribution in [0.15, 0.2) is 36.9 Å². The summed E-state index contributed by atoms with van der Waals surface area (Å²) in [6.07, 6.45) is 0. The van der Waals surface area contributed by atoms with Crippen LogP contribution in [0.3, 0.4) is 0 Å². The minimum atomic E-state index is 0.273. The van der Waals surface area contributed by atoms with Gasteiger partial charge in [0.05, 0.1) is 7.11 Å². The summed E-state index contributed by atoms with van der Waals surface area (Å²) in [5, 5.41) is 10.2. The normalized spacial score (nSPS) is 10.4. The number of hydrogen-bond donors (Lipinski definition) is 1. The van der Waals surface area contributed by atoms with Crippen LogP contribution in [0.4, 0.5) is 0 Å². The lowest BCUT2D eigenvalue weighted by molar-refractivity contribution is 0.409. The predicted molar refractivity (Wildman–Crippen MR) is 84.3 cm³/mol. The minimum absolute atomic E-state index is 0.273. The number of phenols is 1. The number of aromatic hydroxyl groups is 1. The van der Waals surface area contributed by atoms with E-state index in [-0.39, 0.29) is 5.75 Å². The molecule has 0 aliphatic carbocycles. The molecule has 2 aromatic rings. The van der Waals surface area contributed by atoms with Gasteiger partial charge in [-0.2, -0.15) is 0 Å². The van der Waals surface area contributed by atoms with Gasteiger partial charge in [-0.15, -0.1) is 0 Å². The molecule has 0 saturated heterocycles. The van der Waals surface area contributed by atoms with Crippen molar-refractivity contribution in [1.29, 1.82) is 0 Å². The third-order valence-electron chi connectivity index (χ3n) is 3.52. The molecule has 2 rings (SSSR count). The number of aryl methyl sites for hydroxylation is 2. The first kappa shape index (κ1) is 14.2. The quantitative estimate of drug-likeness (QED) is 0.873. The molecule has 0 amide bonds. The number of rotatable bonds is 3. The number of benzene rings is 2. The van der Waals surface area contributed by atoms with E-state index in [2.05, 4.69) is 12.6 Å². The maximum atomic E-state index is 10.2. The maximum absolute atomic E-state index is 10.2. The number of methoxy groups -OCH3 is 1. The molecule has 0 fully saturated rings. The van der Waals surface area contributed by atoms with Crippen LogP contribution in [0.1, 0.15) is 23.6 Å². The summed E-state index contributed by atoms with van der Waals surface area (Å²) >= 11 is 0. The predicted octanol–water partition coefficient (Wildman–Crippen LogP) is 4.72. The first-order valence-electron chi connectivity index (χ1n) is 6.58. The van der Waals surface area contributed by atoms with E-state index in [4.69, 9.17) is 4.74 Å². The Hall–Kier alpha value is -2.22. The molecule has 0 atom stereocenters. The van der Waals surface area contributed by atoms with Crippen LogP contribution in [-0.4, -0.2) is 12.2 Å². The SMILES string of the molecule is C=C(C)c1ccc(-c2cc(OC)c(C)cc2O)c(C)c1. The zero-order chi connectivity index (χ0) is 14.9. The van der Waals surface area contributed by atoms with E-state index in [1.54, 1.807) is 13.2 Å². The van der Waals surface area contributed by atoms with Gasteiger partial charge in [0.2, 0.25) is 0 Å². The molecule has 2 aromatic carbocycles. The first-order valence-corrected chi connectivity index (χ1v) is 6.58. The summed E-state index contributed by atoms with van der Waals surface area (Å²) in [5.41, 5.74) is 5.97. The Morgan fingerprint density at radius 3 is 2.30 bits per heavy atom. The van der Waals surface area contributed by atoms with Crippen LogP contribution in [0.25, 0.3) is 16.7 Å². The third kappa shape index (κ3) is 2.55. The lowest BCUT2D eigenvalue weighted by Crippen LogP contribution is -1.91. The highest BCUT2D eigenvalue weighted by Gasteiger charge is 2.11. The van der Waals surface area contributed by atoms with Crippen LogP contribution in [0.5, 0.6) is 11.5 Å². The van der Waals surface area contributed by atoms with Crippen molar-refractivity contribution < 1.29 is 9.84 Å². The Morgan fingerprint density at radius 2 is 1.75 bits per heavy atom. The van der Waals surface area contributed by atoms with Crippen LogP contribution >= 0.6 is 0 Å². The van der Waals surface area contributed by atoms with E-state index in [0.717, 1.165) is 39.1 Å². The van der Waals surface area contributed by atoms with Crippen molar-refractivity contribution in [2.24, 2.45) is 0 Å². The second-order valence-electron chi connectivity index (χ2n) is 5.15. The Bertz CT molecular complexity index is 669. The van der Waals surface area contributed by atoms with Crippen LogP contribution in [-0.2, 0) is 0 Å². The maximum Gasteiger partial charge on any atom is 0.123 e. The summed E-state index contributed by atoms with van der Waals surface area (Å²) in [6.45, 7) is 9.89. The van der Waals surface area contributed by atoms with Crippen LogP contribution in [0, 0.1) is 13.8 Å². The number of phenolic OH excluding ortho intramolecular Hbond substituents is 1. The fourth-order valence-corrected chi connectivity index (χ4v) is 2.34. The molecule has 2 nitrogen and oxygen atoms in total. The highest BCUT2D eigenvalue weighted by atomic mass is 16.5. The molecule has 0 unspecified atom stereocenters. The minimum Gasteiger partial charge on any atom is -0.507 e. The average Bonchev–Trinajstić information content (AvgIpc) is 2.39. The zero-order valence-electron chi connectivity index (χ0n) is 12.4. The standard InChI is InChI=1S/C18H20O2/c1-11(2)14-6-7-15(12(3)8-14)16-10-18(20-5)13(4)9-17(16)19/h6-10,19H,1H2,2-5H3. The van der Waals surface area contributed by atoms with Crippen molar-refractivity contribution >= 4 is 5.57 Å². The van der Waals surface area contributed by atoms with Crippen molar-refractivity contribution in [3.05, 3.63) is 53.6 Å². The fraction of sp³-hybridized carbons (Fsp3) is 0.222. The van der Waals surface area contributed by atoms with E-state index in [1.165, 1.54) is 0 Å². The van der Waals surface area contributed by atoms with Gasteiger partial charge in [-0.1, -0.05) is 30.4 Å². The lowest BCUT2D eigenvalue weighted by atomic mass is 9.95. The summed E-state index contributed by atoms with van der Waals surface area (Å²) in [6, 6.07) is 9.75. The third-order valence-corrected chi connectivity index (χ3v) is 3.52. The van der Waals surface area contributed by atoms with Crippen molar-refractivity contribution in [1.82, 2.24) is 0 Å². The summed E-state index contributed by atoms with van der Waals surface area (Å²) in [7, 11) is 1.64. The molecule has 0 radical (unpaired) electrons. The monoisotopic (exact) mass is 268 g/mol. The molecule has 0 aliphatic rings. The second-order valence-corrected chi connectivity index (χ2v) is 5.15. The summed E-state index contributed by atoms with van der Waals surface area (Å²) < 4.78 is 5.34. The van der Waals surface area contributed by atoms with Crippen molar-refractivity contribution in [2.45, 2.75) is 20.8 Å². The van der Waals surface area contributed by atoms with Gasteiger partial charge in [0.25, 0.3) is 0 Å². The van der Waals surface area contributed by atoms with Crippen molar-refractivity contribution in [3.8, 4) is 22.6 Å². The second kappa shape index (κ2) is 5.41. The van der Waals surface area contributed by atoms with E-state index in [9.17, 15) is 5.11 Å². The molecule has 0 aliphatic heterocycles.